The molecule has 7 heteroatoms. The second kappa shape index (κ2) is 6.93. The van der Waals surface area contributed by atoms with Crippen molar-refractivity contribution in [2.24, 2.45) is 0 Å². The maximum atomic E-state index is 5.88. The Morgan fingerprint density at radius 3 is 2.78 bits per heavy atom. The smallest absolute Gasteiger partial charge is 0.257 e. The summed E-state index contributed by atoms with van der Waals surface area (Å²) in [6, 6.07) is 7.29. The summed E-state index contributed by atoms with van der Waals surface area (Å²) in [4.78, 5) is 4.44. The van der Waals surface area contributed by atoms with Gasteiger partial charge in [-0.2, -0.15) is 10.1 Å². The average molecular weight is 332 g/mol. The van der Waals surface area contributed by atoms with E-state index in [2.05, 4.69) is 27.5 Å². The largest absolute Gasteiger partial charge is 0.334 e. The highest BCUT2D eigenvalue weighted by molar-refractivity contribution is 6.30. The van der Waals surface area contributed by atoms with Gasteiger partial charge in [-0.1, -0.05) is 16.8 Å². The molecule has 0 radical (unpaired) electrons. The standard InChI is InChI=1S/C16H18ClN5O/c1-3-22-10-12(9-19-22)8-18-11(2)15-20-16(23-21-15)13-4-6-14(17)7-5-13/h4-7,9-11,18H,3,8H2,1-2H3/t11-/m0/s1. The van der Waals surface area contributed by atoms with Gasteiger partial charge in [-0.15, -0.1) is 0 Å². The topological polar surface area (TPSA) is 68.8 Å². The molecule has 120 valence electrons. The number of rotatable bonds is 6. The number of hydrogen-bond acceptors (Lipinski definition) is 5. The molecule has 0 spiro atoms. The Kier molecular flexibility index (Phi) is 4.73. The first-order chi connectivity index (χ1) is 11.2. The van der Waals surface area contributed by atoms with Crippen molar-refractivity contribution in [2.45, 2.75) is 33.0 Å². The van der Waals surface area contributed by atoms with E-state index in [1.807, 2.05) is 36.1 Å². The van der Waals surface area contributed by atoms with Gasteiger partial charge in [-0.3, -0.25) is 4.68 Å². The Bertz CT molecular complexity index is 765. The van der Waals surface area contributed by atoms with Gasteiger partial charge in [0.2, 0.25) is 0 Å². The van der Waals surface area contributed by atoms with E-state index in [1.54, 1.807) is 12.1 Å². The summed E-state index contributed by atoms with van der Waals surface area (Å²) in [5, 5.41) is 12.3. The minimum atomic E-state index is -0.0234. The molecule has 0 amide bonds. The summed E-state index contributed by atoms with van der Waals surface area (Å²) in [6.45, 7) is 5.63. The van der Waals surface area contributed by atoms with Gasteiger partial charge in [0.05, 0.1) is 12.2 Å². The van der Waals surface area contributed by atoms with Crippen molar-refractivity contribution in [1.29, 1.82) is 0 Å². The zero-order chi connectivity index (χ0) is 16.2. The van der Waals surface area contributed by atoms with Crippen molar-refractivity contribution in [2.75, 3.05) is 0 Å². The number of nitrogens with one attached hydrogen (secondary N) is 1. The van der Waals surface area contributed by atoms with Crippen LogP contribution in [0.1, 0.15) is 31.3 Å². The van der Waals surface area contributed by atoms with Crippen molar-refractivity contribution in [3.63, 3.8) is 0 Å². The number of aromatic nitrogens is 4. The zero-order valence-corrected chi connectivity index (χ0v) is 13.8. The molecule has 6 nitrogen and oxygen atoms in total. The molecule has 1 atom stereocenters. The van der Waals surface area contributed by atoms with Gasteiger partial charge in [0, 0.05) is 35.4 Å². The molecule has 3 aromatic rings. The van der Waals surface area contributed by atoms with Crippen LogP contribution in [0.4, 0.5) is 0 Å². The Morgan fingerprint density at radius 1 is 1.30 bits per heavy atom. The molecule has 0 aliphatic heterocycles. The quantitative estimate of drug-likeness (QED) is 0.749. The SMILES string of the molecule is CCn1cc(CN[C@@H](C)c2noc(-c3ccc(Cl)cc3)n2)cn1. The average Bonchev–Trinajstić information content (AvgIpc) is 3.22. The summed E-state index contributed by atoms with van der Waals surface area (Å²) in [5.74, 6) is 1.11. The van der Waals surface area contributed by atoms with Crippen LogP contribution in [0, 0.1) is 0 Å². The minimum Gasteiger partial charge on any atom is -0.334 e. The van der Waals surface area contributed by atoms with Crippen molar-refractivity contribution in [3.8, 4) is 11.5 Å². The highest BCUT2D eigenvalue weighted by Crippen LogP contribution is 2.21. The van der Waals surface area contributed by atoms with Gasteiger partial charge < -0.3 is 9.84 Å². The second-order valence-electron chi connectivity index (χ2n) is 5.27. The predicted molar refractivity (Wildman–Crippen MR) is 87.9 cm³/mol. The Hall–Kier alpha value is -2.18. The summed E-state index contributed by atoms with van der Waals surface area (Å²) in [6.07, 6.45) is 3.88. The molecule has 0 saturated carbocycles. The third kappa shape index (κ3) is 3.78. The molecule has 0 aliphatic carbocycles. The van der Waals surface area contributed by atoms with Crippen LogP contribution in [0.2, 0.25) is 5.02 Å². The van der Waals surface area contributed by atoms with Crippen LogP contribution < -0.4 is 5.32 Å². The second-order valence-corrected chi connectivity index (χ2v) is 5.71. The van der Waals surface area contributed by atoms with Crippen molar-refractivity contribution < 1.29 is 4.52 Å². The van der Waals surface area contributed by atoms with E-state index < -0.39 is 0 Å². The van der Waals surface area contributed by atoms with Crippen molar-refractivity contribution in [3.05, 3.63) is 53.1 Å². The fraction of sp³-hybridized carbons (Fsp3) is 0.312. The Balaban J connectivity index is 1.63. The van der Waals surface area contributed by atoms with E-state index in [0.29, 0.717) is 23.3 Å². The number of aryl methyl sites for hydroxylation is 1. The van der Waals surface area contributed by atoms with Crippen LogP contribution >= 0.6 is 11.6 Å². The number of nitrogens with zero attached hydrogens (tertiary/aromatic N) is 4. The van der Waals surface area contributed by atoms with Crippen molar-refractivity contribution >= 4 is 11.6 Å². The molecule has 23 heavy (non-hydrogen) atoms. The van der Waals surface area contributed by atoms with E-state index in [0.717, 1.165) is 17.7 Å². The number of halogens is 1. The van der Waals surface area contributed by atoms with E-state index in [-0.39, 0.29) is 6.04 Å². The summed E-state index contributed by atoms with van der Waals surface area (Å²) >= 11 is 5.88. The van der Waals surface area contributed by atoms with Gasteiger partial charge in [-0.05, 0) is 38.1 Å². The molecule has 0 bridgehead atoms. The lowest BCUT2D eigenvalue weighted by Gasteiger charge is -2.07. The summed E-state index contributed by atoms with van der Waals surface area (Å²) in [7, 11) is 0. The Labute approximate surface area is 139 Å². The predicted octanol–water partition coefficient (Wildman–Crippen LogP) is 3.46. The minimum absolute atomic E-state index is 0.0234. The van der Waals surface area contributed by atoms with Gasteiger partial charge >= 0.3 is 0 Å². The van der Waals surface area contributed by atoms with Crippen LogP contribution in [-0.2, 0) is 13.1 Å². The number of benzene rings is 1. The molecule has 3 rings (SSSR count). The molecule has 1 N–H and O–H groups in total. The van der Waals surface area contributed by atoms with Gasteiger partial charge in [-0.25, -0.2) is 0 Å². The number of hydrogen-bond donors (Lipinski definition) is 1. The normalized spacial score (nSPS) is 12.5. The third-order valence-electron chi connectivity index (χ3n) is 3.54. The fourth-order valence-corrected chi connectivity index (χ4v) is 2.28. The van der Waals surface area contributed by atoms with E-state index >= 15 is 0 Å². The third-order valence-corrected chi connectivity index (χ3v) is 3.80. The molecule has 0 aliphatic rings. The molecular weight excluding hydrogens is 314 g/mol. The maximum Gasteiger partial charge on any atom is 0.257 e. The molecule has 2 aromatic heterocycles. The lowest BCUT2D eigenvalue weighted by molar-refractivity contribution is 0.409. The van der Waals surface area contributed by atoms with Crippen LogP contribution in [-0.4, -0.2) is 19.9 Å². The molecule has 0 saturated heterocycles. The first-order valence-electron chi connectivity index (χ1n) is 7.50. The van der Waals surface area contributed by atoms with Gasteiger partial charge in [0.1, 0.15) is 0 Å². The zero-order valence-electron chi connectivity index (χ0n) is 13.0. The highest BCUT2D eigenvalue weighted by atomic mass is 35.5. The molecule has 2 heterocycles. The Morgan fingerprint density at radius 2 is 2.09 bits per heavy atom. The van der Waals surface area contributed by atoms with Crippen LogP contribution in [0.15, 0.2) is 41.2 Å². The lowest BCUT2D eigenvalue weighted by Crippen LogP contribution is -2.19. The molecule has 1 aromatic carbocycles. The molecule has 0 fully saturated rings. The monoisotopic (exact) mass is 331 g/mol. The summed E-state index contributed by atoms with van der Waals surface area (Å²) < 4.78 is 7.22. The first-order valence-corrected chi connectivity index (χ1v) is 7.87. The molecule has 0 unspecified atom stereocenters. The van der Waals surface area contributed by atoms with Crippen LogP contribution in [0.5, 0.6) is 0 Å². The highest BCUT2D eigenvalue weighted by Gasteiger charge is 2.14. The summed E-state index contributed by atoms with van der Waals surface area (Å²) in [5.41, 5.74) is 1.98. The van der Waals surface area contributed by atoms with E-state index in [9.17, 15) is 0 Å². The van der Waals surface area contributed by atoms with E-state index in [1.165, 1.54) is 0 Å². The lowest BCUT2D eigenvalue weighted by atomic mass is 10.2. The van der Waals surface area contributed by atoms with Gasteiger partial charge in [0.15, 0.2) is 5.82 Å². The van der Waals surface area contributed by atoms with Gasteiger partial charge in [0.25, 0.3) is 5.89 Å². The van der Waals surface area contributed by atoms with Crippen LogP contribution in [0.3, 0.4) is 0 Å². The van der Waals surface area contributed by atoms with Crippen LogP contribution in [0.25, 0.3) is 11.5 Å². The van der Waals surface area contributed by atoms with Crippen molar-refractivity contribution in [1.82, 2.24) is 25.2 Å². The first kappa shape index (κ1) is 15.7. The maximum absolute atomic E-state index is 5.88. The molecular formula is C16H18ClN5O. The fourth-order valence-electron chi connectivity index (χ4n) is 2.15. The van der Waals surface area contributed by atoms with E-state index in [4.69, 9.17) is 16.1 Å².